The molecule has 24 heavy (non-hydrogen) atoms. The van der Waals surface area contributed by atoms with Gasteiger partial charge >= 0.3 is 0 Å². The molecule has 2 aromatic rings. The van der Waals surface area contributed by atoms with Crippen molar-refractivity contribution in [2.75, 3.05) is 16.3 Å². The highest BCUT2D eigenvalue weighted by Crippen LogP contribution is 2.22. The van der Waals surface area contributed by atoms with Crippen LogP contribution in [0.5, 0.6) is 0 Å². The number of carbonyl (C=O) groups is 2. The number of ketones is 1. The third-order valence-corrected chi connectivity index (χ3v) is 3.76. The zero-order chi connectivity index (χ0) is 17.6. The average Bonchev–Trinajstić information content (AvgIpc) is 2.54. The number of amides is 1. The molecule has 126 valence electrons. The molecule has 0 atom stereocenters. The first-order chi connectivity index (χ1) is 11.3. The average molecular weight is 346 g/mol. The Labute approximate surface area is 140 Å². The second kappa shape index (κ2) is 7.74. The highest BCUT2D eigenvalue weighted by Gasteiger charge is 2.12. The molecule has 6 nitrogen and oxygen atoms in total. The molecular weight excluding hydrogens is 328 g/mol. The van der Waals surface area contributed by atoms with Crippen LogP contribution in [-0.2, 0) is 14.8 Å². The van der Waals surface area contributed by atoms with Gasteiger partial charge < -0.3 is 5.32 Å². The smallest absolute Gasteiger partial charge is 0.229 e. The topological polar surface area (TPSA) is 92.3 Å². The van der Waals surface area contributed by atoms with Crippen molar-refractivity contribution >= 4 is 33.1 Å². The van der Waals surface area contributed by atoms with Gasteiger partial charge in [-0.3, -0.25) is 14.3 Å². The minimum Gasteiger partial charge on any atom is -0.324 e. The van der Waals surface area contributed by atoms with Crippen molar-refractivity contribution in [3.8, 4) is 0 Å². The molecule has 0 aliphatic heterocycles. The molecule has 0 saturated heterocycles. The van der Waals surface area contributed by atoms with Gasteiger partial charge in [0.05, 0.1) is 17.6 Å². The van der Waals surface area contributed by atoms with E-state index in [0.717, 1.165) is 6.26 Å². The van der Waals surface area contributed by atoms with E-state index in [-0.39, 0.29) is 30.2 Å². The Morgan fingerprint density at radius 1 is 0.875 bits per heavy atom. The molecule has 2 rings (SSSR count). The fourth-order valence-electron chi connectivity index (χ4n) is 2.09. The second-order valence-corrected chi connectivity index (χ2v) is 7.01. The predicted octanol–water partition coefficient (Wildman–Crippen LogP) is 2.66. The molecule has 0 saturated carbocycles. The highest BCUT2D eigenvalue weighted by atomic mass is 32.2. The van der Waals surface area contributed by atoms with E-state index in [1.54, 1.807) is 48.5 Å². The number of sulfonamides is 1. The van der Waals surface area contributed by atoms with Gasteiger partial charge in [-0.15, -0.1) is 0 Å². The van der Waals surface area contributed by atoms with Crippen LogP contribution < -0.4 is 10.0 Å². The molecular formula is C17H18N2O4S. The Hall–Kier alpha value is -2.67. The first-order valence-electron chi connectivity index (χ1n) is 7.30. The van der Waals surface area contributed by atoms with Crippen molar-refractivity contribution in [3.05, 3.63) is 60.2 Å². The van der Waals surface area contributed by atoms with Gasteiger partial charge in [0.15, 0.2) is 5.78 Å². The summed E-state index contributed by atoms with van der Waals surface area (Å²) in [7, 11) is -3.45. The normalized spacial score (nSPS) is 10.9. The van der Waals surface area contributed by atoms with Crippen LogP contribution in [0, 0.1) is 0 Å². The van der Waals surface area contributed by atoms with E-state index in [1.807, 2.05) is 6.07 Å². The van der Waals surface area contributed by atoms with E-state index in [0.29, 0.717) is 11.3 Å². The fourth-order valence-corrected chi connectivity index (χ4v) is 2.67. The molecule has 2 N–H and O–H groups in total. The number of anilines is 2. The van der Waals surface area contributed by atoms with Crippen LogP contribution in [-0.4, -0.2) is 26.4 Å². The Morgan fingerprint density at radius 2 is 1.46 bits per heavy atom. The number of benzene rings is 2. The van der Waals surface area contributed by atoms with Gasteiger partial charge in [-0.25, -0.2) is 8.42 Å². The van der Waals surface area contributed by atoms with Crippen LogP contribution in [0.25, 0.3) is 0 Å². The van der Waals surface area contributed by atoms with E-state index in [4.69, 9.17) is 0 Å². The number of rotatable bonds is 7. The number of Topliss-reactive ketones (excluding diaryl/α,β-unsaturated/α-hetero) is 1. The molecule has 0 aliphatic rings. The summed E-state index contributed by atoms with van der Waals surface area (Å²) in [5, 5.41) is 2.62. The summed E-state index contributed by atoms with van der Waals surface area (Å²) >= 11 is 0. The number of hydrogen-bond acceptors (Lipinski definition) is 4. The largest absolute Gasteiger partial charge is 0.324 e. The molecule has 2 aromatic carbocycles. The number of hydrogen-bond donors (Lipinski definition) is 2. The lowest BCUT2D eigenvalue weighted by Crippen LogP contribution is -2.16. The Bertz CT molecular complexity index is 833. The predicted molar refractivity (Wildman–Crippen MR) is 93.5 cm³/mol. The standard InChI is InChI=1S/C17H18N2O4S/c1-24(22,23)19-15-10-6-5-9-14(15)18-17(21)12-11-16(20)13-7-3-2-4-8-13/h2-10,19H,11-12H2,1H3,(H,18,21). The molecule has 0 radical (unpaired) electrons. The van der Waals surface area contributed by atoms with Crippen LogP contribution >= 0.6 is 0 Å². The number of para-hydroxylation sites is 2. The van der Waals surface area contributed by atoms with E-state index >= 15 is 0 Å². The molecule has 7 heteroatoms. The molecule has 0 aliphatic carbocycles. The maximum Gasteiger partial charge on any atom is 0.229 e. The van der Waals surface area contributed by atoms with Crippen LogP contribution in [0.1, 0.15) is 23.2 Å². The fraction of sp³-hybridized carbons (Fsp3) is 0.176. The summed E-state index contributed by atoms with van der Waals surface area (Å²) < 4.78 is 25.0. The van der Waals surface area contributed by atoms with Crippen molar-refractivity contribution in [1.82, 2.24) is 0 Å². The lowest BCUT2D eigenvalue weighted by atomic mass is 10.1. The van der Waals surface area contributed by atoms with E-state index in [9.17, 15) is 18.0 Å². The lowest BCUT2D eigenvalue weighted by Gasteiger charge is -2.11. The molecule has 0 heterocycles. The maximum absolute atomic E-state index is 12.0. The van der Waals surface area contributed by atoms with Crippen LogP contribution in [0.3, 0.4) is 0 Å². The molecule has 1 amide bonds. The molecule has 0 fully saturated rings. The van der Waals surface area contributed by atoms with Gasteiger partial charge in [0, 0.05) is 18.4 Å². The third-order valence-electron chi connectivity index (χ3n) is 3.17. The highest BCUT2D eigenvalue weighted by molar-refractivity contribution is 7.92. The van der Waals surface area contributed by atoms with Gasteiger partial charge in [0.1, 0.15) is 0 Å². The van der Waals surface area contributed by atoms with E-state index in [1.165, 1.54) is 0 Å². The SMILES string of the molecule is CS(=O)(=O)Nc1ccccc1NC(=O)CCC(=O)c1ccccc1. The van der Waals surface area contributed by atoms with Gasteiger partial charge in [0.2, 0.25) is 15.9 Å². The van der Waals surface area contributed by atoms with Crippen molar-refractivity contribution in [2.45, 2.75) is 12.8 Å². The van der Waals surface area contributed by atoms with Crippen molar-refractivity contribution in [2.24, 2.45) is 0 Å². The van der Waals surface area contributed by atoms with Crippen molar-refractivity contribution < 1.29 is 18.0 Å². The molecule has 0 aromatic heterocycles. The van der Waals surface area contributed by atoms with Crippen LogP contribution in [0.2, 0.25) is 0 Å². The molecule has 0 spiro atoms. The summed E-state index contributed by atoms with van der Waals surface area (Å²) in [5.41, 5.74) is 1.19. The zero-order valence-corrected chi connectivity index (χ0v) is 14.0. The zero-order valence-electron chi connectivity index (χ0n) is 13.2. The maximum atomic E-state index is 12.0. The van der Waals surface area contributed by atoms with Gasteiger partial charge in [-0.05, 0) is 12.1 Å². The summed E-state index contributed by atoms with van der Waals surface area (Å²) in [6, 6.07) is 15.2. The minimum atomic E-state index is -3.45. The first-order valence-corrected chi connectivity index (χ1v) is 9.19. The first kappa shape index (κ1) is 17.7. The lowest BCUT2D eigenvalue weighted by molar-refractivity contribution is -0.116. The monoisotopic (exact) mass is 346 g/mol. The van der Waals surface area contributed by atoms with E-state index in [2.05, 4.69) is 10.0 Å². The van der Waals surface area contributed by atoms with Gasteiger partial charge in [0.25, 0.3) is 0 Å². The second-order valence-electron chi connectivity index (χ2n) is 5.26. The quantitative estimate of drug-likeness (QED) is 0.754. The van der Waals surface area contributed by atoms with Crippen LogP contribution in [0.4, 0.5) is 11.4 Å². The van der Waals surface area contributed by atoms with Gasteiger partial charge in [-0.2, -0.15) is 0 Å². The number of carbonyl (C=O) groups excluding carboxylic acids is 2. The summed E-state index contributed by atoms with van der Waals surface area (Å²) in [5.74, 6) is -0.477. The summed E-state index contributed by atoms with van der Waals surface area (Å²) in [6.45, 7) is 0. The van der Waals surface area contributed by atoms with Gasteiger partial charge in [-0.1, -0.05) is 42.5 Å². The van der Waals surface area contributed by atoms with E-state index < -0.39 is 10.0 Å². The summed E-state index contributed by atoms with van der Waals surface area (Å²) in [6.07, 6.45) is 1.13. The molecule has 0 unspecified atom stereocenters. The Balaban J connectivity index is 1.97. The summed E-state index contributed by atoms with van der Waals surface area (Å²) in [4.78, 5) is 24.0. The number of nitrogens with one attached hydrogen (secondary N) is 2. The Morgan fingerprint density at radius 3 is 2.08 bits per heavy atom. The Kier molecular flexibility index (Phi) is 5.70. The van der Waals surface area contributed by atoms with Crippen molar-refractivity contribution in [3.63, 3.8) is 0 Å². The third kappa shape index (κ3) is 5.51. The minimum absolute atomic E-state index is 0.0148. The van der Waals surface area contributed by atoms with Crippen LogP contribution in [0.15, 0.2) is 54.6 Å². The molecule has 0 bridgehead atoms. The van der Waals surface area contributed by atoms with Crippen molar-refractivity contribution in [1.29, 1.82) is 0 Å².